The molecule has 3 nitrogen and oxygen atoms in total. The lowest BCUT2D eigenvalue weighted by Gasteiger charge is -2.39. The molecule has 0 aromatic heterocycles. The van der Waals surface area contributed by atoms with Crippen LogP contribution in [0.5, 0.6) is 5.75 Å². The quantitative estimate of drug-likeness (QED) is 0.874. The van der Waals surface area contributed by atoms with Crippen LogP contribution in [0.1, 0.15) is 13.8 Å². The van der Waals surface area contributed by atoms with Crippen molar-refractivity contribution in [1.29, 1.82) is 0 Å². The third-order valence-corrected chi connectivity index (χ3v) is 3.98. The standard InChI is InChI=1S/C13H19NO2S/c1-10(2)16-11-3-5-12(6-4-11)17-13(7-14)8-15-9-13/h3-6,10H,7-9,14H2,1-2H3. The Bertz CT molecular complexity index is 355. The van der Waals surface area contributed by atoms with Gasteiger partial charge in [0.05, 0.1) is 24.1 Å². The van der Waals surface area contributed by atoms with E-state index in [1.54, 1.807) is 11.8 Å². The molecule has 0 amide bonds. The van der Waals surface area contributed by atoms with Gasteiger partial charge in [0.1, 0.15) is 5.75 Å². The average Bonchev–Trinajstić information content (AvgIpc) is 2.25. The highest BCUT2D eigenvalue weighted by molar-refractivity contribution is 8.00. The third kappa shape index (κ3) is 3.15. The summed E-state index contributed by atoms with van der Waals surface area (Å²) in [5.74, 6) is 0.913. The average molecular weight is 253 g/mol. The van der Waals surface area contributed by atoms with Crippen molar-refractivity contribution in [3.8, 4) is 5.75 Å². The highest BCUT2D eigenvalue weighted by Crippen LogP contribution is 2.38. The van der Waals surface area contributed by atoms with Gasteiger partial charge in [-0.05, 0) is 38.1 Å². The van der Waals surface area contributed by atoms with Gasteiger partial charge in [-0.3, -0.25) is 0 Å². The first-order valence-electron chi connectivity index (χ1n) is 5.87. The number of nitrogens with two attached hydrogens (primary N) is 1. The van der Waals surface area contributed by atoms with Crippen LogP contribution in [-0.4, -0.2) is 30.6 Å². The Morgan fingerprint density at radius 1 is 1.35 bits per heavy atom. The van der Waals surface area contributed by atoms with Gasteiger partial charge in [-0.15, -0.1) is 11.8 Å². The van der Waals surface area contributed by atoms with Crippen LogP contribution in [0.2, 0.25) is 0 Å². The van der Waals surface area contributed by atoms with E-state index in [1.165, 1.54) is 4.90 Å². The summed E-state index contributed by atoms with van der Waals surface area (Å²) in [7, 11) is 0. The molecule has 0 aliphatic carbocycles. The van der Waals surface area contributed by atoms with Gasteiger partial charge >= 0.3 is 0 Å². The van der Waals surface area contributed by atoms with E-state index in [1.807, 2.05) is 26.0 Å². The predicted molar refractivity (Wildman–Crippen MR) is 70.7 cm³/mol. The molecule has 0 atom stereocenters. The second kappa shape index (κ2) is 5.29. The molecule has 1 saturated heterocycles. The number of hydrogen-bond donors (Lipinski definition) is 1. The zero-order valence-corrected chi connectivity index (χ0v) is 11.1. The van der Waals surface area contributed by atoms with E-state index in [0.29, 0.717) is 6.54 Å². The van der Waals surface area contributed by atoms with E-state index in [0.717, 1.165) is 19.0 Å². The highest BCUT2D eigenvalue weighted by Gasteiger charge is 2.38. The third-order valence-electron chi connectivity index (χ3n) is 2.63. The molecule has 1 heterocycles. The molecule has 0 spiro atoms. The van der Waals surface area contributed by atoms with Crippen LogP contribution in [0.3, 0.4) is 0 Å². The Balaban J connectivity index is 1.98. The van der Waals surface area contributed by atoms with Gasteiger partial charge in [-0.25, -0.2) is 0 Å². The van der Waals surface area contributed by atoms with E-state index in [4.69, 9.17) is 15.2 Å². The van der Waals surface area contributed by atoms with Crippen LogP contribution >= 0.6 is 11.8 Å². The Kier molecular flexibility index (Phi) is 3.97. The molecule has 1 aliphatic rings. The number of thioether (sulfide) groups is 1. The van der Waals surface area contributed by atoms with Crippen LogP contribution in [-0.2, 0) is 4.74 Å². The van der Waals surface area contributed by atoms with Crippen molar-refractivity contribution in [2.24, 2.45) is 5.73 Å². The summed E-state index contributed by atoms with van der Waals surface area (Å²) in [5, 5.41) is 0. The molecule has 0 radical (unpaired) electrons. The topological polar surface area (TPSA) is 44.5 Å². The zero-order chi connectivity index (χ0) is 12.3. The van der Waals surface area contributed by atoms with Crippen molar-refractivity contribution in [3.63, 3.8) is 0 Å². The first-order valence-corrected chi connectivity index (χ1v) is 6.69. The van der Waals surface area contributed by atoms with Crippen molar-refractivity contribution in [2.75, 3.05) is 19.8 Å². The summed E-state index contributed by atoms with van der Waals surface area (Å²) < 4.78 is 10.9. The van der Waals surface area contributed by atoms with Gasteiger partial charge in [-0.1, -0.05) is 0 Å². The molecule has 17 heavy (non-hydrogen) atoms. The summed E-state index contributed by atoms with van der Waals surface area (Å²) in [6.45, 7) is 6.20. The lowest BCUT2D eigenvalue weighted by Crippen LogP contribution is -2.52. The number of ether oxygens (including phenoxy) is 2. The molecule has 2 rings (SSSR count). The predicted octanol–water partition coefficient (Wildman–Crippen LogP) is 2.29. The van der Waals surface area contributed by atoms with Crippen LogP contribution in [0.4, 0.5) is 0 Å². The van der Waals surface area contributed by atoms with E-state index in [2.05, 4.69) is 12.1 Å². The molecule has 1 aliphatic heterocycles. The van der Waals surface area contributed by atoms with E-state index < -0.39 is 0 Å². The summed E-state index contributed by atoms with van der Waals surface area (Å²) in [6.07, 6.45) is 0.212. The molecule has 2 N–H and O–H groups in total. The fourth-order valence-electron chi connectivity index (χ4n) is 1.66. The zero-order valence-electron chi connectivity index (χ0n) is 10.3. The highest BCUT2D eigenvalue weighted by atomic mass is 32.2. The Labute approximate surface area is 107 Å². The summed E-state index contributed by atoms with van der Waals surface area (Å²) in [6, 6.07) is 8.17. The van der Waals surface area contributed by atoms with Gasteiger partial charge < -0.3 is 15.2 Å². The van der Waals surface area contributed by atoms with Gasteiger partial charge in [0.2, 0.25) is 0 Å². The molecule has 0 bridgehead atoms. The fourth-order valence-corrected chi connectivity index (χ4v) is 2.80. The normalized spacial score (nSPS) is 17.9. The van der Waals surface area contributed by atoms with Crippen molar-refractivity contribution in [3.05, 3.63) is 24.3 Å². The van der Waals surface area contributed by atoms with Gasteiger partial charge in [-0.2, -0.15) is 0 Å². The minimum absolute atomic E-state index is 0.0838. The number of hydrogen-bond acceptors (Lipinski definition) is 4. The summed E-state index contributed by atoms with van der Waals surface area (Å²) in [5.41, 5.74) is 5.79. The molecule has 0 unspecified atom stereocenters. The van der Waals surface area contributed by atoms with E-state index >= 15 is 0 Å². The molecule has 4 heteroatoms. The number of rotatable bonds is 5. The smallest absolute Gasteiger partial charge is 0.119 e. The monoisotopic (exact) mass is 253 g/mol. The van der Waals surface area contributed by atoms with E-state index in [9.17, 15) is 0 Å². The molecule has 0 saturated carbocycles. The Hall–Kier alpha value is -0.710. The summed E-state index contributed by atoms with van der Waals surface area (Å²) >= 11 is 1.80. The van der Waals surface area contributed by atoms with Crippen molar-refractivity contribution in [1.82, 2.24) is 0 Å². The first kappa shape index (κ1) is 12.7. The van der Waals surface area contributed by atoms with E-state index in [-0.39, 0.29) is 10.9 Å². The maximum absolute atomic E-state index is 5.79. The maximum atomic E-state index is 5.79. The molecule has 1 aromatic rings. The molecular formula is C13H19NO2S. The van der Waals surface area contributed by atoms with Crippen molar-refractivity contribution < 1.29 is 9.47 Å². The van der Waals surface area contributed by atoms with Crippen LogP contribution in [0.15, 0.2) is 29.2 Å². The Morgan fingerprint density at radius 2 is 2.00 bits per heavy atom. The molecule has 1 fully saturated rings. The van der Waals surface area contributed by atoms with Gasteiger partial charge in [0, 0.05) is 11.4 Å². The van der Waals surface area contributed by atoms with Gasteiger partial charge in [0.15, 0.2) is 0 Å². The molecule has 1 aromatic carbocycles. The van der Waals surface area contributed by atoms with Crippen molar-refractivity contribution >= 4 is 11.8 Å². The van der Waals surface area contributed by atoms with Crippen LogP contribution in [0.25, 0.3) is 0 Å². The lowest BCUT2D eigenvalue weighted by molar-refractivity contribution is -0.00434. The maximum Gasteiger partial charge on any atom is 0.119 e. The summed E-state index contributed by atoms with van der Waals surface area (Å²) in [4.78, 5) is 1.22. The molecular weight excluding hydrogens is 234 g/mol. The first-order chi connectivity index (χ1) is 8.13. The second-order valence-electron chi connectivity index (χ2n) is 4.62. The fraction of sp³-hybridized carbons (Fsp3) is 0.538. The lowest BCUT2D eigenvalue weighted by atomic mass is 10.1. The van der Waals surface area contributed by atoms with Crippen LogP contribution in [0, 0.1) is 0 Å². The minimum Gasteiger partial charge on any atom is -0.491 e. The van der Waals surface area contributed by atoms with Crippen LogP contribution < -0.4 is 10.5 Å². The Morgan fingerprint density at radius 3 is 2.41 bits per heavy atom. The number of benzene rings is 1. The SMILES string of the molecule is CC(C)Oc1ccc(SC2(CN)COC2)cc1. The molecule has 94 valence electrons. The van der Waals surface area contributed by atoms with Gasteiger partial charge in [0.25, 0.3) is 0 Å². The second-order valence-corrected chi connectivity index (χ2v) is 6.16. The largest absolute Gasteiger partial charge is 0.491 e. The minimum atomic E-state index is 0.0838. The van der Waals surface area contributed by atoms with Crippen molar-refractivity contribution in [2.45, 2.75) is 29.6 Å².